The van der Waals surface area contributed by atoms with Crippen LogP contribution >= 0.6 is 0 Å². The molecule has 2 aliphatic rings. The summed E-state index contributed by atoms with van der Waals surface area (Å²) in [7, 11) is 0. The third-order valence-corrected chi connectivity index (χ3v) is 5.09. The van der Waals surface area contributed by atoms with Crippen molar-refractivity contribution in [3.8, 4) is 17.2 Å². The number of carbonyl (C=O) groups is 2. The second-order valence-electron chi connectivity index (χ2n) is 7.32. The molecule has 1 N–H and O–H groups in total. The first-order valence-electron chi connectivity index (χ1n) is 9.55. The predicted molar refractivity (Wildman–Crippen MR) is 104 cm³/mol. The second-order valence-corrected chi connectivity index (χ2v) is 7.32. The van der Waals surface area contributed by atoms with Crippen LogP contribution in [0.15, 0.2) is 42.5 Å². The third-order valence-electron chi connectivity index (χ3n) is 5.09. The van der Waals surface area contributed by atoms with E-state index in [0.717, 1.165) is 25.7 Å². The number of anilines is 1. The molecule has 1 amide bonds. The smallest absolute Gasteiger partial charge is 0.265 e. The number of ether oxygens (including phenoxy) is 3. The predicted octanol–water partition coefficient (Wildman–Crippen LogP) is 4.34. The highest BCUT2D eigenvalue weighted by Crippen LogP contribution is 2.47. The van der Waals surface area contributed by atoms with E-state index in [2.05, 4.69) is 5.32 Å². The molecule has 1 aliphatic heterocycles. The number of Topliss-reactive ketones (excluding diaryl/α,β-unsaturated/α-hetero) is 1. The molecule has 0 radical (unpaired) electrons. The van der Waals surface area contributed by atoms with Crippen LogP contribution in [-0.4, -0.2) is 23.6 Å². The maximum Gasteiger partial charge on any atom is 0.265 e. The van der Waals surface area contributed by atoms with E-state index in [9.17, 15) is 9.59 Å². The molecular weight excluding hydrogens is 358 g/mol. The molecule has 6 nitrogen and oxygen atoms in total. The number of fused-ring (bicyclic) bond motifs is 1. The Bertz CT molecular complexity index is 917. The van der Waals surface area contributed by atoms with Crippen molar-refractivity contribution in [2.75, 3.05) is 5.32 Å². The van der Waals surface area contributed by atoms with Gasteiger partial charge in [0.1, 0.15) is 5.75 Å². The fourth-order valence-corrected chi connectivity index (χ4v) is 3.58. The minimum absolute atomic E-state index is 0.0528. The van der Waals surface area contributed by atoms with Gasteiger partial charge < -0.3 is 19.5 Å². The van der Waals surface area contributed by atoms with Crippen LogP contribution in [0.1, 0.15) is 49.9 Å². The Hall–Kier alpha value is -3.02. The molecule has 1 atom stereocenters. The summed E-state index contributed by atoms with van der Waals surface area (Å²) in [6.45, 7) is 3.15. The number of benzene rings is 2. The summed E-state index contributed by atoms with van der Waals surface area (Å²) in [6.07, 6.45) is 3.23. The number of carbonyl (C=O) groups excluding carboxylic acids is 2. The molecular formula is C22H23NO5. The van der Waals surface area contributed by atoms with Crippen molar-refractivity contribution >= 4 is 17.4 Å². The number of hydrogen-bond acceptors (Lipinski definition) is 5. The molecule has 2 aromatic carbocycles. The van der Waals surface area contributed by atoms with Gasteiger partial charge in [-0.2, -0.15) is 0 Å². The summed E-state index contributed by atoms with van der Waals surface area (Å²) in [5.74, 6) is 0.978. The Labute approximate surface area is 163 Å². The second kappa shape index (κ2) is 7.19. The molecule has 6 heteroatoms. The molecule has 1 spiro atoms. The van der Waals surface area contributed by atoms with E-state index in [1.807, 2.05) is 6.07 Å². The van der Waals surface area contributed by atoms with E-state index in [1.165, 1.54) is 6.92 Å². The van der Waals surface area contributed by atoms with E-state index >= 15 is 0 Å². The molecule has 2 aromatic rings. The number of ketones is 1. The monoisotopic (exact) mass is 381 g/mol. The van der Waals surface area contributed by atoms with E-state index in [0.29, 0.717) is 28.5 Å². The molecule has 0 aromatic heterocycles. The van der Waals surface area contributed by atoms with Gasteiger partial charge in [-0.05, 0) is 51.0 Å². The highest BCUT2D eigenvalue weighted by molar-refractivity contribution is 5.95. The number of amides is 1. The first-order valence-corrected chi connectivity index (χ1v) is 9.55. The molecule has 1 heterocycles. The molecule has 1 aliphatic carbocycles. The molecule has 0 saturated heterocycles. The van der Waals surface area contributed by atoms with Crippen LogP contribution in [0.25, 0.3) is 0 Å². The minimum atomic E-state index is -0.728. The van der Waals surface area contributed by atoms with Crippen molar-refractivity contribution < 1.29 is 23.8 Å². The van der Waals surface area contributed by atoms with Crippen molar-refractivity contribution in [1.82, 2.24) is 0 Å². The van der Waals surface area contributed by atoms with E-state index in [4.69, 9.17) is 14.2 Å². The quantitative estimate of drug-likeness (QED) is 0.780. The van der Waals surface area contributed by atoms with Gasteiger partial charge in [-0.15, -0.1) is 0 Å². The van der Waals surface area contributed by atoms with Crippen molar-refractivity contribution in [3.63, 3.8) is 0 Å². The van der Waals surface area contributed by atoms with Crippen molar-refractivity contribution in [2.24, 2.45) is 0 Å². The number of hydrogen-bond donors (Lipinski definition) is 1. The van der Waals surface area contributed by atoms with Gasteiger partial charge in [0.15, 0.2) is 23.4 Å². The highest BCUT2D eigenvalue weighted by atomic mass is 16.7. The van der Waals surface area contributed by atoms with Crippen LogP contribution < -0.4 is 19.5 Å². The van der Waals surface area contributed by atoms with Gasteiger partial charge >= 0.3 is 0 Å². The Morgan fingerprint density at radius 1 is 1.07 bits per heavy atom. The van der Waals surface area contributed by atoms with Gasteiger partial charge in [0, 0.05) is 30.2 Å². The molecule has 1 saturated carbocycles. The SMILES string of the molecule is CC(=O)c1cccc(OC(C)C(=O)Nc2ccc3c(c2)OC2(CCCC2)O3)c1. The van der Waals surface area contributed by atoms with Crippen LogP contribution in [0.2, 0.25) is 0 Å². The molecule has 1 unspecified atom stereocenters. The zero-order chi connectivity index (χ0) is 19.7. The van der Waals surface area contributed by atoms with Gasteiger partial charge in [0.25, 0.3) is 11.7 Å². The van der Waals surface area contributed by atoms with Crippen molar-refractivity contribution in [2.45, 2.75) is 51.4 Å². The molecule has 146 valence electrons. The first-order chi connectivity index (χ1) is 13.4. The van der Waals surface area contributed by atoms with E-state index < -0.39 is 11.9 Å². The summed E-state index contributed by atoms with van der Waals surface area (Å²) in [5.41, 5.74) is 1.16. The van der Waals surface area contributed by atoms with Gasteiger partial charge in [0.05, 0.1) is 0 Å². The topological polar surface area (TPSA) is 73.9 Å². The fraction of sp³-hybridized carbons (Fsp3) is 0.364. The lowest BCUT2D eigenvalue weighted by molar-refractivity contribution is -0.122. The summed E-state index contributed by atoms with van der Waals surface area (Å²) in [6, 6.07) is 12.2. The summed E-state index contributed by atoms with van der Waals surface area (Å²) < 4.78 is 17.7. The summed E-state index contributed by atoms with van der Waals surface area (Å²) in [5, 5.41) is 2.84. The summed E-state index contributed by atoms with van der Waals surface area (Å²) in [4.78, 5) is 24.0. The van der Waals surface area contributed by atoms with Gasteiger partial charge in [0.2, 0.25) is 0 Å². The number of rotatable bonds is 5. The van der Waals surface area contributed by atoms with Crippen molar-refractivity contribution in [1.29, 1.82) is 0 Å². The Kier molecular flexibility index (Phi) is 4.71. The van der Waals surface area contributed by atoms with Gasteiger partial charge in [-0.3, -0.25) is 9.59 Å². The maximum atomic E-state index is 12.5. The standard InChI is InChI=1S/C22H23NO5/c1-14(24)16-6-5-7-18(12-16)26-15(2)21(25)23-17-8-9-19-20(13-17)28-22(27-19)10-3-4-11-22/h5-9,12-13,15H,3-4,10-11H2,1-2H3,(H,23,25). The summed E-state index contributed by atoms with van der Waals surface area (Å²) >= 11 is 0. The first kappa shape index (κ1) is 18.3. The van der Waals surface area contributed by atoms with E-state index in [1.54, 1.807) is 43.3 Å². The average Bonchev–Trinajstić information content (AvgIpc) is 3.27. The zero-order valence-electron chi connectivity index (χ0n) is 16.0. The Balaban J connectivity index is 1.40. The third kappa shape index (κ3) is 3.67. The zero-order valence-corrected chi connectivity index (χ0v) is 16.0. The Morgan fingerprint density at radius 2 is 1.82 bits per heavy atom. The van der Waals surface area contributed by atoms with Crippen LogP contribution in [-0.2, 0) is 4.79 Å². The largest absolute Gasteiger partial charge is 0.481 e. The lowest BCUT2D eigenvalue weighted by Gasteiger charge is -2.21. The minimum Gasteiger partial charge on any atom is -0.481 e. The van der Waals surface area contributed by atoms with Crippen LogP contribution in [0, 0.1) is 0 Å². The molecule has 0 bridgehead atoms. The molecule has 28 heavy (non-hydrogen) atoms. The normalized spacial score (nSPS) is 17.4. The molecule has 1 fully saturated rings. The lowest BCUT2D eigenvalue weighted by atomic mass is 10.1. The highest BCUT2D eigenvalue weighted by Gasteiger charge is 2.44. The Morgan fingerprint density at radius 3 is 2.57 bits per heavy atom. The fourth-order valence-electron chi connectivity index (χ4n) is 3.58. The average molecular weight is 381 g/mol. The van der Waals surface area contributed by atoms with E-state index in [-0.39, 0.29) is 11.7 Å². The van der Waals surface area contributed by atoms with Gasteiger partial charge in [-0.1, -0.05) is 12.1 Å². The van der Waals surface area contributed by atoms with Crippen molar-refractivity contribution in [3.05, 3.63) is 48.0 Å². The lowest BCUT2D eigenvalue weighted by Crippen LogP contribution is -2.34. The number of nitrogens with one attached hydrogen (secondary N) is 1. The molecule has 4 rings (SSSR count). The van der Waals surface area contributed by atoms with Crippen LogP contribution in [0.5, 0.6) is 17.2 Å². The van der Waals surface area contributed by atoms with Crippen LogP contribution in [0.4, 0.5) is 5.69 Å². The maximum absolute atomic E-state index is 12.5. The van der Waals surface area contributed by atoms with Crippen LogP contribution in [0.3, 0.4) is 0 Å². The van der Waals surface area contributed by atoms with Gasteiger partial charge in [-0.25, -0.2) is 0 Å².